The van der Waals surface area contributed by atoms with Crippen LogP contribution >= 0.6 is 11.8 Å². The third kappa shape index (κ3) is 7.00. The minimum absolute atomic E-state index is 0.321. The summed E-state index contributed by atoms with van der Waals surface area (Å²) < 4.78 is 0. The van der Waals surface area contributed by atoms with Gasteiger partial charge in [-0.05, 0) is 56.2 Å². The monoisotopic (exact) mass is 281 g/mol. The highest BCUT2D eigenvalue weighted by molar-refractivity contribution is 7.99. The normalized spacial score (nSPS) is 12.6. The molecule has 0 saturated heterocycles. The molecule has 1 unspecified atom stereocenters. The standard InChI is InChI=1S/C16H27NOS/c1-3-11-17-14(2)15-7-9-16(10-8-15)19-13-6-4-5-12-18/h7-10,14,17-18H,3-6,11-13H2,1-2H3. The SMILES string of the molecule is CCCNC(C)c1ccc(SCCCCCO)cc1. The van der Waals surface area contributed by atoms with E-state index in [0.717, 1.165) is 25.1 Å². The maximum atomic E-state index is 8.71. The number of aliphatic hydroxyl groups excluding tert-OH is 1. The van der Waals surface area contributed by atoms with Gasteiger partial charge in [-0.2, -0.15) is 0 Å². The summed E-state index contributed by atoms with van der Waals surface area (Å²) >= 11 is 1.91. The molecule has 0 aliphatic rings. The Hall–Kier alpha value is -0.510. The van der Waals surface area contributed by atoms with E-state index in [-0.39, 0.29) is 0 Å². The number of aliphatic hydroxyl groups is 1. The average Bonchev–Trinajstić information content (AvgIpc) is 2.45. The Bertz CT molecular complexity index is 326. The first kappa shape index (κ1) is 16.5. The predicted molar refractivity (Wildman–Crippen MR) is 84.8 cm³/mol. The van der Waals surface area contributed by atoms with Gasteiger partial charge >= 0.3 is 0 Å². The van der Waals surface area contributed by atoms with Crippen molar-refractivity contribution in [2.75, 3.05) is 18.9 Å². The van der Waals surface area contributed by atoms with Crippen molar-refractivity contribution in [3.05, 3.63) is 29.8 Å². The van der Waals surface area contributed by atoms with Gasteiger partial charge in [0.1, 0.15) is 0 Å². The van der Waals surface area contributed by atoms with Gasteiger partial charge in [-0.3, -0.25) is 0 Å². The van der Waals surface area contributed by atoms with Crippen LogP contribution in [0, 0.1) is 0 Å². The van der Waals surface area contributed by atoms with Crippen LogP contribution in [0.25, 0.3) is 0 Å². The number of thioether (sulfide) groups is 1. The van der Waals surface area contributed by atoms with Gasteiger partial charge in [0.2, 0.25) is 0 Å². The summed E-state index contributed by atoms with van der Waals surface area (Å²) in [6.07, 6.45) is 4.41. The smallest absolute Gasteiger partial charge is 0.0431 e. The zero-order valence-electron chi connectivity index (χ0n) is 12.2. The third-order valence-corrected chi connectivity index (χ3v) is 4.25. The zero-order valence-corrected chi connectivity index (χ0v) is 13.0. The van der Waals surface area contributed by atoms with Crippen LogP contribution in [0.3, 0.4) is 0 Å². The number of hydrogen-bond acceptors (Lipinski definition) is 3. The van der Waals surface area contributed by atoms with Crippen LogP contribution in [0.15, 0.2) is 29.2 Å². The predicted octanol–water partition coefficient (Wildman–Crippen LogP) is 4.00. The molecule has 19 heavy (non-hydrogen) atoms. The maximum absolute atomic E-state index is 8.71. The Morgan fingerprint density at radius 1 is 1.16 bits per heavy atom. The van der Waals surface area contributed by atoms with Crippen LogP contribution < -0.4 is 5.32 Å². The largest absolute Gasteiger partial charge is 0.396 e. The van der Waals surface area contributed by atoms with Gasteiger partial charge < -0.3 is 10.4 Å². The van der Waals surface area contributed by atoms with E-state index in [1.165, 1.54) is 23.3 Å². The van der Waals surface area contributed by atoms with E-state index in [1.807, 2.05) is 11.8 Å². The zero-order chi connectivity index (χ0) is 13.9. The minimum Gasteiger partial charge on any atom is -0.396 e. The summed E-state index contributed by atoms with van der Waals surface area (Å²) in [7, 11) is 0. The molecular formula is C16H27NOS. The van der Waals surface area contributed by atoms with E-state index in [9.17, 15) is 0 Å². The lowest BCUT2D eigenvalue weighted by atomic mass is 10.1. The Morgan fingerprint density at radius 3 is 2.53 bits per heavy atom. The van der Waals surface area contributed by atoms with Crippen molar-refractivity contribution in [1.29, 1.82) is 0 Å². The molecule has 2 N–H and O–H groups in total. The van der Waals surface area contributed by atoms with Crippen LogP contribution in [0.1, 0.15) is 51.1 Å². The molecule has 0 aromatic heterocycles. The molecule has 0 bridgehead atoms. The lowest BCUT2D eigenvalue weighted by Gasteiger charge is -2.14. The number of hydrogen-bond donors (Lipinski definition) is 2. The fourth-order valence-electron chi connectivity index (χ4n) is 1.91. The quantitative estimate of drug-likeness (QED) is 0.502. The van der Waals surface area contributed by atoms with E-state index >= 15 is 0 Å². The summed E-state index contributed by atoms with van der Waals surface area (Å²) in [4.78, 5) is 1.34. The van der Waals surface area contributed by atoms with Crippen LogP contribution in [-0.4, -0.2) is 24.0 Å². The first-order valence-electron chi connectivity index (χ1n) is 7.35. The second-order valence-corrected chi connectivity index (χ2v) is 6.05. The molecule has 1 aromatic rings. The maximum Gasteiger partial charge on any atom is 0.0431 e. The summed E-state index contributed by atoms with van der Waals surface area (Å²) in [5, 5.41) is 12.2. The van der Waals surface area contributed by atoms with Crippen molar-refractivity contribution in [2.24, 2.45) is 0 Å². The number of nitrogens with one attached hydrogen (secondary N) is 1. The van der Waals surface area contributed by atoms with Crippen LogP contribution in [0.5, 0.6) is 0 Å². The Labute approximate surface area is 122 Å². The van der Waals surface area contributed by atoms with Gasteiger partial charge in [0.25, 0.3) is 0 Å². The number of rotatable bonds is 10. The third-order valence-electron chi connectivity index (χ3n) is 3.15. The lowest BCUT2D eigenvalue weighted by Crippen LogP contribution is -2.19. The highest BCUT2D eigenvalue weighted by atomic mass is 32.2. The van der Waals surface area contributed by atoms with E-state index in [2.05, 4.69) is 43.4 Å². The minimum atomic E-state index is 0.321. The fourth-order valence-corrected chi connectivity index (χ4v) is 2.82. The lowest BCUT2D eigenvalue weighted by molar-refractivity contribution is 0.284. The van der Waals surface area contributed by atoms with Crippen molar-refractivity contribution in [1.82, 2.24) is 5.32 Å². The highest BCUT2D eigenvalue weighted by Gasteiger charge is 2.03. The molecule has 0 fully saturated rings. The molecule has 0 radical (unpaired) electrons. The van der Waals surface area contributed by atoms with Crippen molar-refractivity contribution in [2.45, 2.75) is 50.5 Å². The van der Waals surface area contributed by atoms with E-state index < -0.39 is 0 Å². The molecule has 1 rings (SSSR count). The fraction of sp³-hybridized carbons (Fsp3) is 0.625. The second-order valence-electron chi connectivity index (χ2n) is 4.88. The van der Waals surface area contributed by atoms with Gasteiger partial charge in [-0.15, -0.1) is 11.8 Å². The molecular weight excluding hydrogens is 254 g/mol. The molecule has 0 amide bonds. The Balaban J connectivity index is 2.30. The van der Waals surface area contributed by atoms with Crippen LogP contribution in [0.4, 0.5) is 0 Å². The molecule has 0 spiro atoms. The molecule has 0 saturated carbocycles. The highest BCUT2D eigenvalue weighted by Crippen LogP contribution is 2.22. The first-order chi connectivity index (χ1) is 9.27. The molecule has 0 aliphatic carbocycles. The number of unbranched alkanes of at least 4 members (excludes halogenated alkanes) is 2. The van der Waals surface area contributed by atoms with Crippen molar-refractivity contribution in [3.63, 3.8) is 0 Å². The van der Waals surface area contributed by atoms with Crippen molar-refractivity contribution in [3.8, 4) is 0 Å². The Kier molecular flexibility index (Phi) is 8.97. The molecule has 0 heterocycles. The Morgan fingerprint density at radius 2 is 1.89 bits per heavy atom. The second kappa shape index (κ2) is 10.3. The van der Waals surface area contributed by atoms with Gasteiger partial charge in [-0.1, -0.05) is 25.5 Å². The molecule has 108 valence electrons. The van der Waals surface area contributed by atoms with Crippen LogP contribution in [-0.2, 0) is 0 Å². The first-order valence-corrected chi connectivity index (χ1v) is 8.33. The topological polar surface area (TPSA) is 32.3 Å². The number of benzene rings is 1. The summed E-state index contributed by atoms with van der Waals surface area (Å²) in [6.45, 7) is 5.80. The van der Waals surface area contributed by atoms with Crippen LogP contribution in [0.2, 0.25) is 0 Å². The van der Waals surface area contributed by atoms with E-state index in [0.29, 0.717) is 12.6 Å². The summed E-state index contributed by atoms with van der Waals surface area (Å²) in [5.74, 6) is 1.14. The van der Waals surface area contributed by atoms with Crippen molar-refractivity contribution < 1.29 is 5.11 Å². The van der Waals surface area contributed by atoms with E-state index in [1.54, 1.807) is 0 Å². The molecule has 0 aliphatic heterocycles. The van der Waals surface area contributed by atoms with Gasteiger partial charge in [0.05, 0.1) is 0 Å². The molecule has 2 nitrogen and oxygen atoms in total. The van der Waals surface area contributed by atoms with Gasteiger partial charge in [0.15, 0.2) is 0 Å². The van der Waals surface area contributed by atoms with Crippen molar-refractivity contribution >= 4 is 11.8 Å². The van der Waals surface area contributed by atoms with Gasteiger partial charge in [-0.25, -0.2) is 0 Å². The summed E-state index contributed by atoms with van der Waals surface area (Å²) in [5.41, 5.74) is 1.36. The van der Waals surface area contributed by atoms with E-state index in [4.69, 9.17) is 5.11 Å². The van der Waals surface area contributed by atoms with Gasteiger partial charge in [0, 0.05) is 17.5 Å². The summed E-state index contributed by atoms with van der Waals surface area (Å²) in [6, 6.07) is 9.32. The molecule has 1 atom stereocenters. The average molecular weight is 281 g/mol. The molecule has 3 heteroatoms. The molecule has 1 aromatic carbocycles.